The van der Waals surface area contributed by atoms with Crippen LogP contribution in [0.15, 0.2) is 0 Å². The Morgan fingerprint density at radius 3 is 2.00 bits per heavy atom. The maximum atomic E-state index is 11.6. The quantitative estimate of drug-likeness (QED) is 0.772. The monoisotopic (exact) mass is 250 g/mol. The molecule has 0 aliphatic carbocycles. The topological polar surface area (TPSA) is 63.4 Å². The second-order valence-corrected chi connectivity index (χ2v) is 4.39. The van der Waals surface area contributed by atoms with E-state index in [2.05, 4.69) is 15.9 Å². The molecule has 76 valence electrons. The van der Waals surface area contributed by atoms with E-state index in [0.717, 1.165) is 4.90 Å². The number of nitrogens with two attached hydrogens (primary N) is 1. The van der Waals surface area contributed by atoms with Crippen molar-refractivity contribution in [1.29, 1.82) is 0 Å². The van der Waals surface area contributed by atoms with Gasteiger partial charge in [0, 0.05) is 7.05 Å². The van der Waals surface area contributed by atoms with E-state index in [1.165, 1.54) is 7.05 Å². The van der Waals surface area contributed by atoms with Crippen LogP contribution in [-0.4, -0.2) is 28.2 Å². The molecule has 0 bridgehead atoms. The maximum Gasteiger partial charge on any atom is 0.321 e. The van der Waals surface area contributed by atoms with Crippen LogP contribution in [0, 0.1) is 0 Å². The molecule has 5 heteroatoms. The number of nitrogens with zero attached hydrogens (tertiary/aromatic N) is 1. The first kappa shape index (κ1) is 12.4. The Hall–Kier alpha value is -0.580. The lowest BCUT2D eigenvalue weighted by atomic mass is 10.0. The summed E-state index contributed by atoms with van der Waals surface area (Å²) in [6.07, 6.45) is 1.25. The molecule has 0 aliphatic heterocycles. The van der Waals surface area contributed by atoms with Crippen LogP contribution < -0.4 is 5.73 Å². The molecule has 0 atom stereocenters. The number of halogens is 1. The highest BCUT2D eigenvalue weighted by Crippen LogP contribution is 2.28. The molecule has 0 heterocycles. The number of alkyl halides is 1. The maximum absolute atomic E-state index is 11.6. The summed E-state index contributed by atoms with van der Waals surface area (Å²) >= 11 is 3.32. The van der Waals surface area contributed by atoms with Crippen LogP contribution in [0.3, 0.4) is 0 Å². The lowest BCUT2D eigenvalue weighted by Crippen LogP contribution is -2.47. The van der Waals surface area contributed by atoms with Crippen LogP contribution in [-0.2, 0) is 4.79 Å². The molecular formula is C8H15BrN2O2. The number of carbonyl (C=O) groups excluding carboxylic acids is 2. The molecule has 4 nitrogen and oxygen atoms in total. The molecule has 13 heavy (non-hydrogen) atoms. The van der Waals surface area contributed by atoms with Gasteiger partial charge in [-0.15, -0.1) is 0 Å². The van der Waals surface area contributed by atoms with Crippen LogP contribution in [0.1, 0.15) is 26.7 Å². The van der Waals surface area contributed by atoms with Gasteiger partial charge in [0.05, 0.1) is 0 Å². The highest BCUT2D eigenvalue weighted by Gasteiger charge is 2.35. The highest BCUT2D eigenvalue weighted by atomic mass is 79.9. The van der Waals surface area contributed by atoms with Gasteiger partial charge in [-0.2, -0.15) is 0 Å². The third-order valence-electron chi connectivity index (χ3n) is 2.14. The third kappa shape index (κ3) is 2.69. The van der Waals surface area contributed by atoms with Crippen LogP contribution in [0.25, 0.3) is 0 Å². The molecule has 0 aromatic heterocycles. The van der Waals surface area contributed by atoms with Gasteiger partial charge in [0.15, 0.2) is 0 Å². The number of amides is 3. The Kier molecular flexibility index (Phi) is 4.39. The van der Waals surface area contributed by atoms with E-state index >= 15 is 0 Å². The van der Waals surface area contributed by atoms with Gasteiger partial charge in [0.1, 0.15) is 4.32 Å². The molecule has 2 N–H and O–H groups in total. The minimum absolute atomic E-state index is 0.287. The molecule has 0 saturated carbocycles. The first-order valence-corrected chi connectivity index (χ1v) is 4.94. The Bertz CT molecular complexity index is 214. The van der Waals surface area contributed by atoms with Crippen LogP contribution in [0.2, 0.25) is 0 Å². The molecular weight excluding hydrogens is 236 g/mol. The number of hydrogen-bond donors (Lipinski definition) is 1. The normalized spacial score (nSPS) is 11.1. The minimum atomic E-state index is -0.726. The van der Waals surface area contributed by atoms with E-state index in [0.29, 0.717) is 12.8 Å². The van der Waals surface area contributed by atoms with Crippen molar-refractivity contribution in [1.82, 2.24) is 4.90 Å². The Labute approximate surface area is 86.6 Å². The van der Waals surface area contributed by atoms with Gasteiger partial charge in [-0.25, -0.2) is 4.79 Å². The predicted octanol–water partition coefficient (Wildman–Crippen LogP) is 1.48. The zero-order valence-corrected chi connectivity index (χ0v) is 9.72. The molecule has 0 spiro atoms. The van der Waals surface area contributed by atoms with Gasteiger partial charge in [0.2, 0.25) is 5.91 Å². The van der Waals surface area contributed by atoms with Crippen LogP contribution >= 0.6 is 15.9 Å². The average Bonchev–Trinajstić information content (AvgIpc) is 2.14. The third-order valence-corrected chi connectivity index (χ3v) is 3.60. The summed E-state index contributed by atoms with van der Waals surface area (Å²) in [4.78, 5) is 23.3. The number of carbonyl (C=O) groups is 2. The van der Waals surface area contributed by atoms with E-state index in [-0.39, 0.29) is 5.91 Å². The molecule has 0 aliphatic rings. The Morgan fingerprint density at radius 2 is 1.77 bits per heavy atom. The fraction of sp³-hybridized carbons (Fsp3) is 0.750. The summed E-state index contributed by atoms with van der Waals surface area (Å²) in [7, 11) is 1.38. The van der Waals surface area contributed by atoms with E-state index in [1.54, 1.807) is 0 Å². The largest absolute Gasteiger partial charge is 0.351 e. The van der Waals surface area contributed by atoms with Crippen molar-refractivity contribution in [3.05, 3.63) is 0 Å². The minimum Gasteiger partial charge on any atom is -0.351 e. The van der Waals surface area contributed by atoms with Gasteiger partial charge in [-0.1, -0.05) is 29.8 Å². The summed E-state index contributed by atoms with van der Waals surface area (Å²) in [5.74, 6) is -0.287. The number of hydrogen-bond acceptors (Lipinski definition) is 2. The molecule has 0 aromatic rings. The number of primary amides is 1. The van der Waals surface area contributed by atoms with Crippen molar-refractivity contribution in [3.8, 4) is 0 Å². The number of imide groups is 1. The summed E-state index contributed by atoms with van der Waals surface area (Å²) in [5, 5.41) is 0. The van der Waals surface area contributed by atoms with E-state index in [4.69, 9.17) is 5.73 Å². The van der Waals surface area contributed by atoms with E-state index < -0.39 is 10.4 Å². The average molecular weight is 251 g/mol. The predicted molar refractivity (Wildman–Crippen MR) is 54.6 cm³/mol. The lowest BCUT2D eigenvalue weighted by molar-refractivity contribution is -0.129. The fourth-order valence-electron chi connectivity index (χ4n) is 0.953. The molecule has 3 amide bonds. The number of rotatable bonds is 3. The van der Waals surface area contributed by atoms with Gasteiger partial charge in [-0.3, -0.25) is 9.69 Å². The summed E-state index contributed by atoms with van der Waals surface area (Å²) in [6.45, 7) is 3.76. The Balaban J connectivity index is 4.65. The first-order valence-electron chi connectivity index (χ1n) is 4.15. The second kappa shape index (κ2) is 4.60. The van der Waals surface area contributed by atoms with Gasteiger partial charge in [0.25, 0.3) is 0 Å². The fourth-order valence-corrected chi connectivity index (χ4v) is 1.22. The van der Waals surface area contributed by atoms with Crippen LogP contribution in [0.4, 0.5) is 4.79 Å². The van der Waals surface area contributed by atoms with Crippen molar-refractivity contribution in [2.24, 2.45) is 5.73 Å². The Morgan fingerprint density at radius 1 is 1.38 bits per heavy atom. The smallest absolute Gasteiger partial charge is 0.321 e. The van der Waals surface area contributed by atoms with Crippen molar-refractivity contribution in [3.63, 3.8) is 0 Å². The molecule has 0 unspecified atom stereocenters. The number of urea groups is 1. The van der Waals surface area contributed by atoms with Crippen LogP contribution in [0.5, 0.6) is 0 Å². The highest BCUT2D eigenvalue weighted by molar-refractivity contribution is 9.10. The molecule has 0 fully saturated rings. The zero-order chi connectivity index (χ0) is 10.6. The standard InChI is InChI=1S/C8H15BrN2O2/c1-4-8(9,5-2)6(12)11(3)7(10)13/h4-5H2,1-3H3,(H2,10,13). The van der Waals surface area contributed by atoms with Crippen molar-refractivity contribution in [2.45, 2.75) is 31.0 Å². The van der Waals surface area contributed by atoms with E-state index in [1.807, 2.05) is 13.8 Å². The molecule has 0 saturated heterocycles. The SMILES string of the molecule is CCC(Br)(CC)C(=O)N(C)C(N)=O. The van der Waals surface area contributed by atoms with Gasteiger partial charge >= 0.3 is 6.03 Å². The molecule has 0 aromatic carbocycles. The van der Waals surface area contributed by atoms with Crippen molar-refractivity contribution in [2.75, 3.05) is 7.05 Å². The van der Waals surface area contributed by atoms with Gasteiger partial charge in [-0.05, 0) is 12.8 Å². The molecule has 0 rings (SSSR count). The first-order chi connectivity index (χ1) is 5.89. The lowest BCUT2D eigenvalue weighted by Gasteiger charge is -2.26. The summed E-state index contributed by atoms with van der Waals surface area (Å²) in [6, 6.07) is -0.726. The van der Waals surface area contributed by atoms with Crippen molar-refractivity contribution < 1.29 is 9.59 Å². The van der Waals surface area contributed by atoms with Gasteiger partial charge < -0.3 is 5.73 Å². The van der Waals surface area contributed by atoms with E-state index in [9.17, 15) is 9.59 Å². The van der Waals surface area contributed by atoms with Crippen molar-refractivity contribution >= 4 is 27.9 Å². The second-order valence-electron chi connectivity index (χ2n) is 2.87. The molecule has 0 radical (unpaired) electrons. The summed E-state index contributed by atoms with van der Waals surface area (Å²) in [5.41, 5.74) is 4.99. The summed E-state index contributed by atoms with van der Waals surface area (Å²) < 4.78 is -0.656. The zero-order valence-electron chi connectivity index (χ0n) is 8.13.